The van der Waals surface area contributed by atoms with Gasteiger partial charge in [-0.15, -0.1) is 0 Å². The summed E-state index contributed by atoms with van der Waals surface area (Å²) in [6.07, 6.45) is -0.160. The van der Waals surface area contributed by atoms with Gasteiger partial charge in [0, 0.05) is 6.92 Å². The van der Waals surface area contributed by atoms with Crippen molar-refractivity contribution in [3.8, 4) is 5.75 Å². The standard InChI is InChI=1S/C12H15NO4/c1-8(14)13-11(7-12(15)16)9-4-3-5-10(6-9)17-2/h3-6,11H,7H2,1-2H3,(H,13,14)(H,15,16). The number of rotatable bonds is 5. The molecule has 0 aromatic heterocycles. The first-order valence-electron chi connectivity index (χ1n) is 5.15. The lowest BCUT2D eigenvalue weighted by Crippen LogP contribution is -2.27. The van der Waals surface area contributed by atoms with Crippen LogP contribution in [0.2, 0.25) is 0 Å². The molecule has 2 N–H and O–H groups in total. The number of hydrogen-bond donors (Lipinski definition) is 2. The highest BCUT2D eigenvalue weighted by molar-refractivity contribution is 5.75. The van der Waals surface area contributed by atoms with Gasteiger partial charge in [0.2, 0.25) is 5.91 Å². The molecule has 0 aliphatic carbocycles. The molecule has 0 saturated heterocycles. The largest absolute Gasteiger partial charge is 0.497 e. The maximum absolute atomic E-state index is 11.0. The van der Waals surface area contributed by atoms with E-state index >= 15 is 0 Å². The lowest BCUT2D eigenvalue weighted by molar-refractivity contribution is -0.137. The van der Waals surface area contributed by atoms with Crippen LogP contribution >= 0.6 is 0 Å². The van der Waals surface area contributed by atoms with Gasteiger partial charge in [0.15, 0.2) is 0 Å². The zero-order chi connectivity index (χ0) is 12.8. The van der Waals surface area contributed by atoms with E-state index < -0.39 is 12.0 Å². The summed E-state index contributed by atoms with van der Waals surface area (Å²) in [5, 5.41) is 11.4. The fourth-order valence-electron chi connectivity index (χ4n) is 1.53. The first-order valence-corrected chi connectivity index (χ1v) is 5.15. The summed E-state index contributed by atoms with van der Waals surface area (Å²) in [5.74, 6) is -0.603. The van der Waals surface area contributed by atoms with E-state index in [0.717, 1.165) is 0 Å². The molecular weight excluding hydrogens is 222 g/mol. The summed E-state index contributed by atoms with van der Waals surface area (Å²) in [6, 6.07) is 6.44. The van der Waals surface area contributed by atoms with Crippen molar-refractivity contribution in [3.05, 3.63) is 29.8 Å². The molecule has 1 rings (SSSR count). The van der Waals surface area contributed by atoms with Crippen molar-refractivity contribution in [1.82, 2.24) is 5.32 Å². The number of carboxylic acids is 1. The Bertz CT molecular complexity index is 401. The van der Waals surface area contributed by atoms with Crippen LogP contribution in [0, 0.1) is 0 Å². The maximum atomic E-state index is 11.0. The van der Waals surface area contributed by atoms with Crippen LogP contribution in [0.4, 0.5) is 0 Å². The summed E-state index contributed by atoms with van der Waals surface area (Å²) >= 11 is 0. The third-order valence-electron chi connectivity index (χ3n) is 2.25. The second kappa shape index (κ2) is 5.89. The molecule has 5 heteroatoms. The Hall–Kier alpha value is -2.04. The summed E-state index contributed by atoms with van der Waals surface area (Å²) in [5.41, 5.74) is 0.710. The van der Waals surface area contributed by atoms with Gasteiger partial charge in [0.25, 0.3) is 0 Å². The van der Waals surface area contributed by atoms with Crippen LogP contribution in [0.3, 0.4) is 0 Å². The summed E-state index contributed by atoms with van der Waals surface area (Å²) in [7, 11) is 1.53. The van der Waals surface area contributed by atoms with Gasteiger partial charge in [-0.2, -0.15) is 0 Å². The highest BCUT2D eigenvalue weighted by Crippen LogP contribution is 2.21. The number of ether oxygens (including phenoxy) is 1. The zero-order valence-corrected chi connectivity index (χ0v) is 9.77. The number of nitrogens with one attached hydrogen (secondary N) is 1. The van der Waals surface area contributed by atoms with Gasteiger partial charge in [0.1, 0.15) is 5.75 Å². The molecule has 0 bridgehead atoms. The van der Waals surface area contributed by atoms with E-state index in [1.54, 1.807) is 24.3 Å². The topological polar surface area (TPSA) is 75.6 Å². The van der Waals surface area contributed by atoms with Crippen molar-refractivity contribution < 1.29 is 19.4 Å². The molecule has 0 aliphatic heterocycles. The van der Waals surface area contributed by atoms with Crippen LogP contribution < -0.4 is 10.1 Å². The molecule has 0 spiro atoms. The minimum absolute atomic E-state index is 0.160. The molecule has 0 radical (unpaired) electrons. The Morgan fingerprint density at radius 2 is 2.18 bits per heavy atom. The van der Waals surface area contributed by atoms with Crippen LogP contribution in [0.1, 0.15) is 24.9 Å². The number of hydrogen-bond acceptors (Lipinski definition) is 3. The van der Waals surface area contributed by atoms with E-state index in [2.05, 4.69) is 5.32 Å². The van der Waals surface area contributed by atoms with Crippen LogP contribution in [0.25, 0.3) is 0 Å². The van der Waals surface area contributed by atoms with Crippen molar-refractivity contribution in [2.45, 2.75) is 19.4 Å². The van der Waals surface area contributed by atoms with Crippen LogP contribution in [0.5, 0.6) is 5.75 Å². The van der Waals surface area contributed by atoms with Gasteiger partial charge in [-0.1, -0.05) is 12.1 Å². The Balaban J connectivity index is 2.94. The molecule has 1 aromatic carbocycles. The van der Waals surface area contributed by atoms with E-state index in [1.165, 1.54) is 14.0 Å². The summed E-state index contributed by atoms with van der Waals surface area (Å²) in [4.78, 5) is 21.8. The molecular formula is C12H15NO4. The predicted molar refractivity (Wildman–Crippen MR) is 61.8 cm³/mol. The van der Waals surface area contributed by atoms with Crippen molar-refractivity contribution in [2.75, 3.05) is 7.11 Å². The van der Waals surface area contributed by atoms with Gasteiger partial charge in [0.05, 0.1) is 19.6 Å². The normalized spacial score (nSPS) is 11.6. The van der Waals surface area contributed by atoms with Crippen molar-refractivity contribution in [1.29, 1.82) is 0 Å². The van der Waals surface area contributed by atoms with E-state index in [0.29, 0.717) is 11.3 Å². The lowest BCUT2D eigenvalue weighted by atomic mass is 10.0. The van der Waals surface area contributed by atoms with Gasteiger partial charge >= 0.3 is 5.97 Å². The molecule has 1 amide bonds. The fraction of sp³-hybridized carbons (Fsp3) is 0.333. The second-order valence-corrected chi connectivity index (χ2v) is 3.63. The predicted octanol–water partition coefficient (Wildman–Crippen LogP) is 1.35. The number of carbonyl (C=O) groups excluding carboxylic acids is 1. The summed E-state index contributed by atoms with van der Waals surface area (Å²) in [6.45, 7) is 1.36. The second-order valence-electron chi connectivity index (χ2n) is 3.63. The monoisotopic (exact) mass is 237 g/mol. The minimum atomic E-state index is -0.966. The van der Waals surface area contributed by atoms with Gasteiger partial charge in [-0.25, -0.2) is 0 Å². The molecule has 0 aliphatic rings. The SMILES string of the molecule is COc1cccc(C(CC(=O)O)NC(C)=O)c1. The van der Waals surface area contributed by atoms with E-state index in [1.807, 2.05) is 0 Å². The Labute approximate surface area is 99.4 Å². The average molecular weight is 237 g/mol. The van der Waals surface area contributed by atoms with Crippen LogP contribution in [-0.2, 0) is 9.59 Å². The number of carboxylic acid groups (broad SMARTS) is 1. The molecule has 0 fully saturated rings. The third-order valence-corrected chi connectivity index (χ3v) is 2.25. The number of amides is 1. The molecule has 17 heavy (non-hydrogen) atoms. The van der Waals surface area contributed by atoms with Crippen molar-refractivity contribution in [3.63, 3.8) is 0 Å². The number of carbonyl (C=O) groups is 2. The summed E-state index contributed by atoms with van der Waals surface area (Å²) < 4.78 is 5.05. The zero-order valence-electron chi connectivity index (χ0n) is 9.77. The van der Waals surface area contributed by atoms with Gasteiger partial charge in [-0.05, 0) is 17.7 Å². The van der Waals surface area contributed by atoms with E-state index in [-0.39, 0.29) is 12.3 Å². The number of aliphatic carboxylic acids is 1. The average Bonchev–Trinajstić information content (AvgIpc) is 2.27. The first kappa shape index (κ1) is 13.0. The van der Waals surface area contributed by atoms with E-state index in [4.69, 9.17) is 9.84 Å². The van der Waals surface area contributed by atoms with Crippen LogP contribution in [0.15, 0.2) is 24.3 Å². The van der Waals surface area contributed by atoms with Crippen molar-refractivity contribution >= 4 is 11.9 Å². The minimum Gasteiger partial charge on any atom is -0.497 e. The quantitative estimate of drug-likeness (QED) is 0.810. The Kier molecular flexibility index (Phi) is 4.51. The van der Waals surface area contributed by atoms with Crippen LogP contribution in [-0.4, -0.2) is 24.1 Å². The number of methoxy groups -OCH3 is 1. The molecule has 1 aromatic rings. The fourth-order valence-corrected chi connectivity index (χ4v) is 1.53. The molecule has 1 atom stereocenters. The highest BCUT2D eigenvalue weighted by atomic mass is 16.5. The first-order chi connectivity index (χ1) is 8.02. The smallest absolute Gasteiger partial charge is 0.305 e. The highest BCUT2D eigenvalue weighted by Gasteiger charge is 2.16. The molecule has 0 saturated carbocycles. The Morgan fingerprint density at radius 1 is 1.47 bits per heavy atom. The third kappa shape index (κ3) is 4.14. The van der Waals surface area contributed by atoms with Gasteiger partial charge in [-0.3, -0.25) is 9.59 Å². The van der Waals surface area contributed by atoms with Gasteiger partial charge < -0.3 is 15.2 Å². The number of benzene rings is 1. The molecule has 92 valence electrons. The van der Waals surface area contributed by atoms with E-state index in [9.17, 15) is 9.59 Å². The Morgan fingerprint density at radius 3 is 2.71 bits per heavy atom. The molecule has 0 heterocycles. The maximum Gasteiger partial charge on any atom is 0.305 e. The molecule has 5 nitrogen and oxygen atoms in total. The lowest BCUT2D eigenvalue weighted by Gasteiger charge is -2.16. The van der Waals surface area contributed by atoms with Crippen molar-refractivity contribution in [2.24, 2.45) is 0 Å². The molecule has 1 unspecified atom stereocenters.